The minimum absolute atomic E-state index is 0.0188. The van der Waals surface area contributed by atoms with Crippen LogP contribution in [0.2, 0.25) is 5.02 Å². The minimum atomic E-state index is -4.88. The minimum Gasteiger partial charge on any atom is -0.378 e. The Morgan fingerprint density at radius 2 is 1.77 bits per heavy atom. The molecule has 0 bridgehead atoms. The molecule has 0 saturated carbocycles. The molecule has 0 amide bonds. The van der Waals surface area contributed by atoms with Crippen LogP contribution < -0.4 is 16.2 Å². The van der Waals surface area contributed by atoms with Crippen molar-refractivity contribution in [2.75, 3.05) is 17.2 Å². The molecule has 1 atom stereocenters. The van der Waals surface area contributed by atoms with Crippen LogP contribution in [0.15, 0.2) is 23.4 Å². The van der Waals surface area contributed by atoms with Crippen LogP contribution >= 0.6 is 11.6 Å². The number of halogens is 7. The van der Waals surface area contributed by atoms with Crippen LogP contribution in [0.5, 0.6) is 0 Å². The highest BCUT2D eigenvalue weighted by Crippen LogP contribution is 2.31. The highest BCUT2D eigenvalue weighted by molar-refractivity contribution is 6.31. The Hall–Kier alpha value is -3.40. The van der Waals surface area contributed by atoms with E-state index in [2.05, 4.69) is 35.9 Å². The van der Waals surface area contributed by atoms with E-state index in [1.807, 2.05) is 0 Å². The van der Waals surface area contributed by atoms with E-state index >= 15 is 0 Å². The normalized spacial score (nSPS) is 13.0. The summed E-state index contributed by atoms with van der Waals surface area (Å²) in [4.78, 5) is 18.7. The molecule has 0 aromatic carbocycles. The molecule has 4 N–H and O–H groups in total. The number of hydrogen-bond acceptors (Lipinski definition) is 8. The molecule has 17 heteroatoms. The molecule has 0 saturated heterocycles. The smallest absolute Gasteiger partial charge is 0.378 e. The van der Waals surface area contributed by atoms with Gasteiger partial charge in [0.05, 0.1) is 47.9 Å². The molecule has 3 heterocycles. The zero-order chi connectivity index (χ0) is 25.8. The molecule has 0 aliphatic heterocycles. The first-order valence-electron chi connectivity index (χ1n) is 9.70. The number of nitrogens with zero attached hydrogens (tertiary/aromatic N) is 4. The molecular formula is C18H17ClF6N8O2. The summed E-state index contributed by atoms with van der Waals surface area (Å²) in [7, 11) is 0. The van der Waals surface area contributed by atoms with Gasteiger partial charge in [0.2, 0.25) is 5.95 Å². The highest BCUT2D eigenvalue weighted by Gasteiger charge is 2.37. The fraction of sp³-hybridized carbons (Fsp3) is 0.389. The van der Waals surface area contributed by atoms with Gasteiger partial charge in [-0.25, -0.2) is 15.1 Å². The van der Waals surface area contributed by atoms with E-state index in [1.165, 1.54) is 6.92 Å². The van der Waals surface area contributed by atoms with Gasteiger partial charge in [0.1, 0.15) is 11.3 Å². The third-order valence-corrected chi connectivity index (χ3v) is 4.84. The van der Waals surface area contributed by atoms with Gasteiger partial charge in [-0.15, -0.1) is 0 Å². The molecule has 0 aliphatic carbocycles. The van der Waals surface area contributed by atoms with Crippen molar-refractivity contribution in [3.63, 3.8) is 0 Å². The molecule has 0 spiro atoms. The number of ether oxygens (including phenoxy) is 1. The zero-order valence-electron chi connectivity index (χ0n) is 17.7. The third kappa shape index (κ3) is 6.82. The number of H-pyrrole nitrogens is 2. The fourth-order valence-corrected chi connectivity index (χ4v) is 2.99. The van der Waals surface area contributed by atoms with Crippen molar-refractivity contribution in [1.29, 1.82) is 0 Å². The number of nitrogens with one attached hydrogen (secondary N) is 4. The number of aromatic amines is 2. The summed E-state index contributed by atoms with van der Waals surface area (Å²) in [5.74, 6) is -0.0613. The van der Waals surface area contributed by atoms with Gasteiger partial charge in [-0.1, -0.05) is 11.6 Å². The lowest BCUT2D eigenvalue weighted by atomic mass is 10.2. The number of hydrogen-bond donors (Lipinski definition) is 4. The van der Waals surface area contributed by atoms with Crippen molar-refractivity contribution >= 4 is 23.2 Å². The van der Waals surface area contributed by atoms with Crippen LogP contribution in [0.1, 0.15) is 29.4 Å². The van der Waals surface area contributed by atoms with Gasteiger partial charge in [0.15, 0.2) is 0 Å². The standard InChI is InChI=1S/C18H17ClF6N8O2/c1-8(30-10-5-29-33-15(34)13(10)18(23,24)25)6-35-7-12-14(19)11(31-32-12)4-28-16-26-2-9(3-27-16)17(20,21)22/h2-3,5,8H,4,6-7H2,1H3,(H,31,32)(H,26,27,28)(H2,30,33,34)/t8-/m0/s1. The second kappa shape index (κ2) is 10.5. The van der Waals surface area contributed by atoms with Gasteiger partial charge in [-0.3, -0.25) is 9.89 Å². The van der Waals surface area contributed by atoms with Crippen LogP contribution in [-0.2, 0) is 30.2 Å². The lowest BCUT2D eigenvalue weighted by Crippen LogP contribution is -2.29. The summed E-state index contributed by atoms with van der Waals surface area (Å²) in [5.41, 5.74) is -3.59. The van der Waals surface area contributed by atoms with E-state index in [1.54, 1.807) is 5.10 Å². The quantitative estimate of drug-likeness (QED) is 0.311. The number of alkyl halides is 6. The van der Waals surface area contributed by atoms with Crippen LogP contribution in [0, 0.1) is 0 Å². The van der Waals surface area contributed by atoms with Crippen LogP contribution in [0.3, 0.4) is 0 Å². The van der Waals surface area contributed by atoms with Crippen molar-refractivity contribution in [2.45, 2.75) is 38.5 Å². The van der Waals surface area contributed by atoms with Gasteiger partial charge in [-0.05, 0) is 6.92 Å². The van der Waals surface area contributed by atoms with Crippen LogP contribution in [0.25, 0.3) is 0 Å². The summed E-state index contributed by atoms with van der Waals surface area (Å²) >= 11 is 6.22. The van der Waals surface area contributed by atoms with Gasteiger partial charge in [0.25, 0.3) is 5.56 Å². The summed E-state index contributed by atoms with van der Waals surface area (Å²) in [6, 6.07) is -0.643. The summed E-state index contributed by atoms with van der Waals surface area (Å²) in [5, 5.41) is 17.1. The Labute approximate surface area is 197 Å². The van der Waals surface area contributed by atoms with E-state index in [9.17, 15) is 31.1 Å². The van der Waals surface area contributed by atoms with Crippen molar-refractivity contribution in [1.82, 2.24) is 30.4 Å². The molecule has 3 aromatic heterocycles. The molecule has 0 aliphatic rings. The Balaban J connectivity index is 1.52. The Morgan fingerprint density at radius 1 is 1.09 bits per heavy atom. The first-order chi connectivity index (χ1) is 16.4. The third-order valence-electron chi connectivity index (χ3n) is 4.39. The van der Waals surface area contributed by atoms with Crippen molar-refractivity contribution in [3.05, 3.63) is 56.5 Å². The SMILES string of the molecule is C[C@@H](COCc1n[nH]c(CNc2ncc(C(F)(F)F)cn2)c1Cl)Nc1cn[nH]c(=O)c1C(F)(F)F. The highest BCUT2D eigenvalue weighted by atomic mass is 35.5. The number of rotatable bonds is 9. The average Bonchev–Trinajstić information content (AvgIpc) is 3.10. The number of anilines is 2. The second-order valence-corrected chi connectivity index (χ2v) is 7.53. The zero-order valence-corrected chi connectivity index (χ0v) is 18.4. The molecule has 0 fully saturated rings. The maximum Gasteiger partial charge on any atom is 0.423 e. The van der Waals surface area contributed by atoms with Crippen molar-refractivity contribution in [3.8, 4) is 0 Å². The lowest BCUT2D eigenvalue weighted by Gasteiger charge is -2.18. The topological polar surface area (TPSA) is 134 Å². The first kappa shape index (κ1) is 26.2. The molecule has 0 radical (unpaired) electrons. The summed E-state index contributed by atoms with van der Waals surface area (Å²) in [6.45, 7) is 1.38. The predicted octanol–water partition coefficient (Wildman–Crippen LogP) is 3.60. The van der Waals surface area contributed by atoms with E-state index in [-0.39, 0.29) is 36.4 Å². The van der Waals surface area contributed by atoms with Crippen LogP contribution in [-0.4, -0.2) is 43.0 Å². The maximum atomic E-state index is 13.1. The Kier molecular flexibility index (Phi) is 7.84. The molecule has 3 aromatic rings. The van der Waals surface area contributed by atoms with Crippen LogP contribution in [0.4, 0.5) is 38.0 Å². The van der Waals surface area contributed by atoms with Gasteiger partial charge in [0, 0.05) is 18.4 Å². The lowest BCUT2D eigenvalue weighted by molar-refractivity contribution is -0.139. The van der Waals surface area contributed by atoms with Gasteiger partial charge < -0.3 is 15.4 Å². The van der Waals surface area contributed by atoms with Crippen molar-refractivity contribution in [2.24, 2.45) is 0 Å². The molecule has 190 valence electrons. The molecule has 35 heavy (non-hydrogen) atoms. The number of aromatic nitrogens is 6. The first-order valence-corrected chi connectivity index (χ1v) is 10.1. The molecule has 3 rings (SSSR count). The fourth-order valence-electron chi connectivity index (χ4n) is 2.78. The van der Waals surface area contributed by atoms with Crippen molar-refractivity contribution < 1.29 is 31.1 Å². The monoisotopic (exact) mass is 526 g/mol. The second-order valence-electron chi connectivity index (χ2n) is 7.16. The van der Waals surface area contributed by atoms with Gasteiger partial charge in [-0.2, -0.15) is 36.5 Å². The Morgan fingerprint density at radius 3 is 2.40 bits per heavy atom. The molecule has 0 unspecified atom stereocenters. The molecular weight excluding hydrogens is 510 g/mol. The molecule has 10 nitrogen and oxygen atoms in total. The van der Waals surface area contributed by atoms with Gasteiger partial charge >= 0.3 is 12.4 Å². The average molecular weight is 527 g/mol. The summed E-state index contributed by atoms with van der Waals surface area (Å²) in [6.07, 6.45) is -7.30. The largest absolute Gasteiger partial charge is 0.423 e. The van der Waals surface area contributed by atoms with E-state index < -0.39 is 40.8 Å². The maximum absolute atomic E-state index is 13.1. The summed E-state index contributed by atoms with van der Waals surface area (Å²) < 4.78 is 82.5. The van der Waals surface area contributed by atoms with E-state index in [4.69, 9.17) is 16.3 Å². The van der Waals surface area contributed by atoms with E-state index in [0.717, 1.165) is 6.20 Å². The predicted molar refractivity (Wildman–Crippen MR) is 111 cm³/mol. The van der Waals surface area contributed by atoms with E-state index in [0.29, 0.717) is 18.1 Å². The Bertz CT molecular complexity index is 1200.